The minimum absolute atomic E-state index is 0.252. The van der Waals surface area contributed by atoms with Gasteiger partial charge in [0.1, 0.15) is 5.75 Å². The van der Waals surface area contributed by atoms with E-state index in [-0.39, 0.29) is 6.61 Å². The summed E-state index contributed by atoms with van der Waals surface area (Å²) in [7, 11) is 0. The number of para-hydroxylation sites is 1. The average Bonchev–Trinajstić information content (AvgIpc) is 2.33. The van der Waals surface area contributed by atoms with Crippen LogP contribution in [0.15, 0.2) is 18.2 Å². The van der Waals surface area contributed by atoms with E-state index in [9.17, 15) is 5.11 Å². The summed E-state index contributed by atoms with van der Waals surface area (Å²) in [6, 6.07) is 6.04. The molecule has 1 rings (SSSR count). The number of aliphatic hydroxyl groups is 1. The lowest BCUT2D eigenvalue weighted by atomic mass is 10.0. The van der Waals surface area contributed by atoms with E-state index in [0.29, 0.717) is 5.75 Å². The maximum absolute atomic E-state index is 10.1. The van der Waals surface area contributed by atoms with E-state index < -0.39 is 0 Å². The molecular formula is C14H22O2S. The van der Waals surface area contributed by atoms with Crippen LogP contribution in [0.1, 0.15) is 30.9 Å². The number of aryl methyl sites for hydroxylation is 2. The molecule has 0 bridgehead atoms. The summed E-state index contributed by atoms with van der Waals surface area (Å²) in [6.07, 6.45) is 3.97. The molecule has 0 spiro atoms. The molecule has 0 saturated carbocycles. The van der Waals surface area contributed by atoms with Gasteiger partial charge in [0.2, 0.25) is 0 Å². The highest BCUT2D eigenvalue weighted by atomic mass is 32.2. The Balaban J connectivity index is 2.44. The predicted octanol–water partition coefficient (Wildman–Crippen LogP) is 3.00. The molecule has 0 unspecified atom stereocenters. The van der Waals surface area contributed by atoms with Crippen LogP contribution in [0.5, 0.6) is 5.75 Å². The standard InChI is InChI=1S/C14H22O2S/c1-2-5-12-6-3-7-13(14(12)16)8-4-10-17-11-9-15/h3,6-7,15-16H,2,4-5,8-11H2,1H3. The van der Waals surface area contributed by atoms with Crippen LogP contribution in [-0.4, -0.2) is 28.3 Å². The van der Waals surface area contributed by atoms with Crippen LogP contribution in [0.4, 0.5) is 0 Å². The fourth-order valence-electron chi connectivity index (χ4n) is 1.85. The van der Waals surface area contributed by atoms with Gasteiger partial charge in [-0.2, -0.15) is 11.8 Å². The molecule has 0 aliphatic carbocycles. The zero-order chi connectivity index (χ0) is 12.5. The third-order valence-electron chi connectivity index (χ3n) is 2.69. The predicted molar refractivity (Wildman–Crippen MR) is 74.8 cm³/mol. The summed E-state index contributed by atoms with van der Waals surface area (Å²) in [5.41, 5.74) is 2.12. The number of rotatable bonds is 8. The number of aromatic hydroxyl groups is 1. The van der Waals surface area contributed by atoms with Crippen molar-refractivity contribution < 1.29 is 10.2 Å². The molecule has 2 nitrogen and oxygen atoms in total. The SMILES string of the molecule is CCCc1cccc(CCCSCCO)c1O. The van der Waals surface area contributed by atoms with Crippen molar-refractivity contribution in [3.63, 3.8) is 0 Å². The van der Waals surface area contributed by atoms with Crippen LogP contribution in [0, 0.1) is 0 Å². The Bertz CT molecular complexity index is 326. The molecule has 96 valence electrons. The van der Waals surface area contributed by atoms with E-state index >= 15 is 0 Å². The van der Waals surface area contributed by atoms with Gasteiger partial charge in [-0.05, 0) is 36.1 Å². The summed E-state index contributed by atoms with van der Waals surface area (Å²) in [5, 5.41) is 18.7. The topological polar surface area (TPSA) is 40.5 Å². The maximum atomic E-state index is 10.1. The van der Waals surface area contributed by atoms with Crippen LogP contribution in [-0.2, 0) is 12.8 Å². The van der Waals surface area contributed by atoms with E-state index in [1.165, 1.54) is 0 Å². The van der Waals surface area contributed by atoms with Gasteiger partial charge in [0.05, 0.1) is 6.61 Å². The monoisotopic (exact) mass is 254 g/mol. The van der Waals surface area contributed by atoms with Gasteiger partial charge >= 0.3 is 0 Å². The van der Waals surface area contributed by atoms with E-state index in [1.54, 1.807) is 11.8 Å². The zero-order valence-electron chi connectivity index (χ0n) is 10.5. The molecule has 0 amide bonds. The highest BCUT2D eigenvalue weighted by Crippen LogP contribution is 2.25. The van der Waals surface area contributed by atoms with Crippen LogP contribution in [0.3, 0.4) is 0 Å². The summed E-state index contributed by atoms with van der Waals surface area (Å²) in [5.74, 6) is 2.33. The van der Waals surface area contributed by atoms with Gasteiger partial charge < -0.3 is 10.2 Å². The second kappa shape index (κ2) is 8.43. The van der Waals surface area contributed by atoms with Crippen molar-refractivity contribution >= 4 is 11.8 Å². The van der Waals surface area contributed by atoms with Crippen LogP contribution in [0.2, 0.25) is 0 Å². The maximum Gasteiger partial charge on any atom is 0.121 e. The lowest BCUT2D eigenvalue weighted by Crippen LogP contribution is -1.94. The Morgan fingerprint density at radius 2 is 1.82 bits per heavy atom. The van der Waals surface area contributed by atoms with Crippen molar-refractivity contribution in [2.45, 2.75) is 32.6 Å². The highest BCUT2D eigenvalue weighted by molar-refractivity contribution is 7.99. The van der Waals surface area contributed by atoms with E-state index in [2.05, 4.69) is 6.92 Å². The Hall–Kier alpha value is -0.670. The quantitative estimate of drug-likeness (QED) is 0.701. The summed E-state index contributed by atoms with van der Waals surface area (Å²) < 4.78 is 0. The largest absolute Gasteiger partial charge is 0.507 e. The minimum Gasteiger partial charge on any atom is -0.507 e. The van der Waals surface area contributed by atoms with Crippen molar-refractivity contribution in [1.82, 2.24) is 0 Å². The van der Waals surface area contributed by atoms with Gasteiger partial charge in [-0.3, -0.25) is 0 Å². The zero-order valence-corrected chi connectivity index (χ0v) is 11.3. The smallest absolute Gasteiger partial charge is 0.121 e. The molecule has 3 heteroatoms. The number of phenolic OH excluding ortho intramolecular Hbond substituents is 1. The molecule has 0 atom stereocenters. The first kappa shape index (κ1) is 14.4. The molecule has 1 aromatic rings. The number of hydrogen-bond acceptors (Lipinski definition) is 3. The molecule has 0 heterocycles. The first-order valence-electron chi connectivity index (χ1n) is 6.28. The van der Waals surface area contributed by atoms with Gasteiger partial charge in [-0.1, -0.05) is 31.5 Å². The van der Waals surface area contributed by atoms with Gasteiger partial charge in [-0.25, -0.2) is 0 Å². The molecule has 17 heavy (non-hydrogen) atoms. The lowest BCUT2D eigenvalue weighted by molar-refractivity contribution is 0.322. The number of phenols is 1. The molecule has 0 aromatic heterocycles. The lowest BCUT2D eigenvalue weighted by Gasteiger charge is -2.09. The molecule has 0 aliphatic heterocycles. The molecule has 0 radical (unpaired) electrons. The number of thioether (sulfide) groups is 1. The van der Waals surface area contributed by atoms with E-state index in [0.717, 1.165) is 48.3 Å². The van der Waals surface area contributed by atoms with Crippen LogP contribution >= 0.6 is 11.8 Å². The Labute approximate surface area is 108 Å². The third kappa shape index (κ3) is 5.00. The first-order chi connectivity index (χ1) is 8.29. The molecule has 2 N–H and O–H groups in total. The van der Waals surface area contributed by atoms with Crippen molar-refractivity contribution in [2.24, 2.45) is 0 Å². The minimum atomic E-state index is 0.252. The van der Waals surface area contributed by atoms with Gasteiger partial charge in [-0.15, -0.1) is 0 Å². The van der Waals surface area contributed by atoms with Gasteiger partial charge in [0, 0.05) is 5.75 Å². The first-order valence-corrected chi connectivity index (χ1v) is 7.43. The number of aliphatic hydroxyl groups excluding tert-OH is 1. The fraction of sp³-hybridized carbons (Fsp3) is 0.571. The number of benzene rings is 1. The summed E-state index contributed by atoms with van der Waals surface area (Å²) >= 11 is 1.76. The van der Waals surface area contributed by atoms with Crippen molar-refractivity contribution in [1.29, 1.82) is 0 Å². The molecule has 0 saturated heterocycles. The van der Waals surface area contributed by atoms with Gasteiger partial charge in [0.15, 0.2) is 0 Å². The molecule has 0 fully saturated rings. The summed E-state index contributed by atoms with van der Waals surface area (Å²) in [4.78, 5) is 0. The van der Waals surface area contributed by atoms with Crippen molar-refractivity contribution in [3.8, 4) is 5.75 Å². The van der Waals surface area contributed by atoms with Crippen LogP contribution in [0.25, 0.3) is 0 Å². The molecular weight excluding hydrogens is 232 g/mol. The number of hydrogen-bond donors (Lipinski definition) is 2. The normalized spacial score (nSPS) is 10.7. The van der Waals surface area contributed by atoms with Crippen LogP contribution < -0.4 is 0 Å². The third-order valence-corrected chi connectivity index (χ3v) is 3.74. The second-order valence-corrected chi connectivity index (χ2v) is 5.34. The average molecular weight is 254 g/mol. The second-order valence-electron chi connectivity index (χ2n) is 4.11. The fourth-order valence-corrected chi connectivity index (χ4v) is 2.53. The highest BCUT2D eigenvalue weighted by Gasteiger charge is 2.05. The van der Waals surface area contributed by atoms with E-state index in [4.69, 9.17) is 5.11 Å². The Morgan fingerprint density at radius 3 is 2.47 bits per heavy atom. The Kier molecular flexibility index (Phi) is 7.13. The Morgan fingerprint density at radius 1 is 1.12 bits per heavy atom. The van der Waals surface area contributed by atoms with E-state index in [1.807, 2.05) is 18.2 Å². The van der Waals surface area contributed by atoms with Gasteiger partial charge in [0.25, 0.3) is 0 Å². The molecule has 1 aromatic carbocycles. The summed E-state index contributed by atoms with van der Waals surface area (Å²) in [6.45, 7) is 2.37. The molecule has 0 aliphatic rings. The van der Waals surface area contributed by atoms with Crippen molar-refractivity contribution in [3.05, 3.63) is 29.3 Å². The van der Waals surface area contributed by atoms with Crippen molar-refractivity contribution in [2.75, 3.05) is 18.1 Å².